The van der Waals surface area contributed by atoms with Crippen molar-refractivity contribution in [2.24, 2.45) is 5.73 Å². The van der Waals surface area contributed by atoms with Gasteiger partial charge in [-0.3, -0.25) is 9.19 Å². The zero-order valence-corrected chi connectivity index (χ0v) is 13.2. The number of amides is 2. The second kappa shape index (κ2) is 8.04. The Bertz CT molecular complexity index is 776. The van der Waals surface area contributed by atoms with Crippen molar-refractivity contribution >= 4 is 33.9 Å². The fraction of sp³-hybridized carbons (Fsp3) is 0. The van der Waals surface area contributed by atoms with Gasteiger partial charge in [-0.15, -0.1) is 0 Å². The lowest BCUT2D eigenvalue weighted by Crippen LogP contribution is -2.36. The summed E-state index contributed by atoms with van der Waals surface area (Å²) >= 11 is -2.76. The highest BCUT2D eigenvalue weighted by atomic mass is 32.2. The van der Waals surface area contributed by atoms with Gasteiger partial charge in [0.2, 0.25) is 0 Å². The maximum Gasteiger partial charge on any atom is 0.330 e. The van der Waals surface area contributed by atoms with Crippen LogP contribution in [0.1, 0.15) is 0 Å². The van der Waals surface area contributed by atoms with Gasteiger partial charge in [0.15, 0.2) is 0 Å². The molecule has 0 bridgehead atoms. The zero-order valence-electron chi connectivity index (χ0n) is 12.4. The first kappa shape index (κ1) is 17.4. The van der Waals surface area contributed by atoms with E-state index in [4.69, 9.17) is 10.8 Å². The summed E-state index contributed by atoms with van der Waals surface area (Å²) in [5, 5.41) is 10.1. The molecule has 2 aromatic carbocycles. The van der Waals surface area contributed by atoms with E-state index in [0.717, 1.165) is 5.52 Å². The van der Waals surface area contributed by atoms with Gasteiger partial charge < -0.3 is 15.4 Å². The molecule has 0 radical (unpaired) electrons. The van der Waals surface area contributed by atoms with Crippen LogP contribution in [0.25, 0.3) is 10.9 Å². The van der Waals surface area contributed by atoms with Crippen molar-refractivity contribution in [2.75, 3.05) is 4.31 Å². The number of carbonyl (C=O) groups excluding carboxylic acids is 1. The molecule has 3 rings (SSSR count). The normalized spacial score (nSPS) is 11.2. The summed E-state index contributed by atoms with van der Waals surface area (Å²) in [5.41, 5.74) is 5.97. The molecule has 1 aromatic heterocycles. The Balaban J connectivity index is 0.000000182. The molecule has 8 heteroatoms. The molecule has 124 valence electrons. The average Bonchev–Trinajstić information content (AvgIpc) is 2.57. The molecule has 3 aromatic rings. The van der Waals surface area contributed by atoms with Crippen LogP contribution in [0.4, 0.5) is 10.5 Å². The molecule has 1 heterocycles. The number of primary amides is 1. The van der Waals surface area contributed by atoms with Crippen molar-refractivity contribution in [1.82, 2.24) is 4.98 Å². The Labute approximate surface area is 140 Å². The standard InChI is InChI=1S/C9H7N.C7H8N2O4S/c1-2-6-9-8(4-1)5-3-7-10-9;8-7(11)9(14(12)13)5-1-3-6(10)4-2-5/h1-7H;1-4,10H,(H2,8,11)(H,12,13)/p-1. The number of nitrogens with zero attached hydrogens (tertiary/aromatic N) is 2. The van der Waals surface area contributed by atoms with E-state index in [2.05, 4.69) is 17.1 Å². The molecule has 1 atom stereocenters. The fourth-order valence-electron chi connectivity index (χ4n) is 1.89. The quantitative estimate of drug-likeness (QED) is 0.691. The SMILES string of the molecule is NC(=O)N(c1ccc(O)cc1)S(=O)[O-].c1ccc2ncccc2c1. The minimum atomic E-state index is -2.76. The van der Waals surface area contributed by atoms with Crippen molar-refractivity contribution in [2.45, 2.75) is 0 Å². The Hall–Kier alpha value is -2.97. The van der Waals surface area contributed by atoms with E-state index in [1.165, 1.54) is 29.7 Å². The van der Waals surface area contributed by atoms with Crippen LogP contribution in [0, 0.1) is 0 Å². The number of anilines is 1. The number of pyridine rings is 1. The summed E-state index contributed by atoms with van der Waals surface area (Å²) in [4.78, 5) is 14.9. The predicted octanol–water partition coefficient (Wildman–Crippen LogP) is 2.31. The number of urea groups is 1. The number of rotatable bonds is 2. The van der Waals surface area contributed by atoms with E-state index in [-0.39, 0.29) is 11.4 Å². The van der Waals surface area contributed by atoms with E-state index in [0.29, 0.717) is 4.31 Å². The number of benzene rings is 2. The number of hydrogen-bond acceptors (Lipinski definition) is 5. The predicted molar refractivity (Wildman–Crippen MR) is 90.8 cm³/mol. The van der Waals surface area contributed by atoms with Crippen LogP contribution in [-0.2, 0) is 11.3 Å². The van der Waals surface area contributed by atoms with Crippen molar-refractivity contribution in [3.63, 3.8) is 0 Å². The van der Waals surface area contributed by atoms with Crippen LogP contribution < -0.4 is 10.0 Å². The second-order valence-electron chi connectivity index (χ2n) is 4.56. The molecular weight excluding hydrogens is 330 g/mol. The smallest absolute Gasteiger partial charge is 0.330 e. The summed E-state index contributed by atoms with van der Waals surface area (Å²) in [5.74, 6) is -0.0325. The molecule has 3 N–H and O–H groups in total. The molecule has 0 aliphatic rings. The molecular formula is C16H14N3O4S-. The topological polar surface area (TPSA) is 120 Å². The monoisotopic (exact) mass is 344 g/mol. The van der Waals surface area contributed by atoms with Gasteiger partial charge >= 0.3 is 6.03 Å². The molecule has 0 fully saturated rings. The molecule has 0 aliphatic carbocycles. The molecule has 0 aliphatic heterocycles. The van der Waals surface area contributed by atoms with Crippen LogP contribution in [0.5, 0.6) is 5.75 Å². The highest BCUT2D eigenvalue weighted by Gasteiger charge is 2.12. The maximum atomic E-state index is 10.7. The second-order valence-corrected chi connectivity index (χ2v) is 5.36. The number of nitrogens with two attached hydrogens (primary N) is 1. The van der Waals surface area contributed by atoms with Crippen LogP contribution >= 0.6 is 0 Å². The number of aromatic hydroxyl groups is 1. The number of para-hydroxylation sites is 1. The van der Waals surface area contributed by atoms with Gasteiger partial charge in [-0.25, -0.2) is 9.10 Å². The van der Waals surface area contributed by atoms with Gasteiger partial charge in [-0.1, -0.05) is 24.3 Å². The molecule has 2 amide bonds. The molecule has 24 heavy (non-hydrogen) atoms. The number of carbonyl (C=O) groups is 1. The average molecular weight is 344 g/mol. The number of aromatic nitrogens is 1. The van der Waals surface area contributed by atoms with E-state index >= 15 is 0 Å². The Kier molecular flexibility index (Phi) is 5.83. The van der Waals surface area contributed by atoms with Crippen molar-refractivity contribution in [3.8, 4) is 5.75 Å². The van der Waals surface area contributed by atoms with Gasteiger partial charge in [-0.05, 0) is 36.4 Å². The fourth-order valence-corrected chi connectivity index (χ4v) is 2.33. The number of fused-ring (bicyclic) bond motifs is 1. The van der Waals surface area contributed by atoms with Gasteiger partial charge in [0.1, 0.15) is 5.75 Å². The van der Waals surface area contributed by atoms with Gasteiger partial charge in [0, 0.05) is 11.6 Å². The highest BCUT2D eigenvalue weighted by Crippen LogP contribution is 2.18. The lowest BCUT2D eigenvalue weighted by Gasteiger charge is -2.21. The number of phenolic OH excluding ortho intramolecular Hbond substituents is 1. The molecule has 0 saturated carbocycles. The van der Waals surface area contributed by atoms with Crippen molar-refractivity contribution in [1.29, 1.82) is 0 Å². The van der Waals surface area contributed by atoms with Crippen LogP contribution in [0.3, 0.4) is 0 Å². The molecule has 7 nitrogen and oxygen atoms in total. The van der Waals surface area contributed by atoms with Crippen LogP contribution in [0.2, 0.25) is 0 Å². The maximum absolute atomic E-state index is 10.7. The third kappa shape index (κ3) is 4.51. The lowest BCUT2D eigenvalue weighted by atomic mass is 10.2. The zero-order chi connectivity index (χ0) is 17.5. The van der Waals surface area contributed by atoms with Gasteiger partial charge in [0.25, 0.3) is 0 Å². The third-order valence-corrected chi connectivity index (χ3v) is 3.63. The van der Waals surface area contributed by atoms with E-state index < -0.39 is 17.3 Å². The number of hydrogen-bond donors (Lipinski definition) is 2. The summed E-state index contributed by atoms with van der Waals surface area (Å²) in [6.45, 7) is 0. The van der Waals surface area contributed by atoms with Gasteiger partial charge in [0.05, 0.1) is 22.5 Å². The summed E-state index contributed by atoms with van der Waals surface area (Å²) < 4.78 is 21.6. The van der Waals surface area contributed by atoms with E-state index in [1.54, 1.807) is 0 Å². The van der Waals surface area contributed by atoms with E-state index in [1.807, 2.05) is 30.5 Å². The molecule has 1 unspecified atom stereocenters. The molecule has 0 saturated heterocycles. The van der Waals surface area contributed by atoms with Crippen LogP contribution in [0.15, 0.2) is 66.9 Å². The van der Waals surface area contributed by atoms with Crippen molar-refractivity contribution in [3.05, 3.63) is 66.9 Å². The Morgan fingerprint density at radius 1 is 1.08 bits per heavy atom. The Morgan fingerprint density at radius 2 is 1.71 bits per heavy atom. The largest absolute Gasteiger partial charge is 0.755 e. The summed E-state index contributed by atoms with van der Waals surface area (Å²) in [6.07, 6.45) is 1.81. The first-order valence-electron chi connectivity index (χ1n) is 6.77. The summed E-state index contributed by atoms with van der Waals surface area (Å²) in [6, 6.07) is 16.0. The molecule has 0 spiro atoms. The number of phenols is 1. The highest BCUT2D eigenvalue weighted by molar-refractivity contribution is 7.81. The summed E-state index contributed by atoms with van der Waals surface area (Å²) in [7, 11) is 0. The van der Waals surface area contributed by atoms with Crippen LogP contribution in [-0.4, -0.2) is 24.9 Å². The lowest BCUT2D eigenvalue weighted by molar-refractivity contribution is 0.256. The van der Waals surface area contributed by atoms with Gasteiger partial charge in [-0.2, -0.15) is 0 Å². The minimum absolute atomic E-state index is 0.0325. The minimum Gasteiger partial charge on any atom is -0.755 e. The van der Waals surface area contributed by atoms with Crippen molar-refractivity contribution < 1.29 is 18.7 Å². The first-order chi connectivity index (χ1) is 11.5. The first-order valence-corrected chi connectivity index (χ1v) is 7.80. The Morgan fingerprint density at radius 3 is 2.29 bits per heavy atom. The van der Waals surface area contributed by atoms with E-state index in [9.17, 15) is 13.6 Å². The third-order valence-electron chi connectivity index (χ3n) is 2.95.